The first kappa shape index (κ1) is 15.3. The van der Waals surface area contributed by atoms with E-state index in [0.29, 0.717) is 26.2 Å². The number of hydrazine groups is 1. The Labute approximate surface area is 133 Å². The zero-order chi connectivity index (χ0) is 16.2. The average molecular weight is 318 g/mol. The van der Waals surface area contributed by atoms with Gasteiger partial charge in [0.15, 0.2) is 0 Å². The summed E-state index contributed by atoms with van der Waals surface area (Å²) in [6.07, 6.45) is -0.365. The lowest BCUT2D eigenvalue weighted by Crippen LogP contribution is -2.55. The topological polar surface area (TPSA) is 82.2 Å². The number of benzene rings is 1. The van der Waals surface area contributed by atoms with Crippen LogP contribution in [-0.2, 0) is 16.1 Å². The van der Waals surface area contributed by atoms with E-state index in [-0.39, 0.29) is 25.2 Å². The number of nitrogens with zero attached hydrogens (tertiary/aromatic N) is 3. The Hall–Kier alpha value is -2.61. The normalized spacial score (nSPS) is 19.0. The number of imide groups is 1. The van der Waals surface area contributed by atoms with Crippen LogP contribution in [0.15, 0.2) is 30.3 Å². The zero-order valence-electron chi connectivity index (χ0n) is 12.6. The van der Waals surface area contributed by atoms with Crippen molar-refractivity contribution in [3.8, 4) is 0 Å². The van der Waals surface area contributed by atoms with E-state index in [1.165, 1.54) is 5.01 Å². The molecule has 122 valence electrons. The van der Waals surface area contributed by atoms with E-state index in [9.17, 15) is 14.4 Å². The Morgan fingerprint density at radius 2 is 1.78 bits per heavy atom. The smallest absolute Gasteiger partial charge is 0.410 e. The molecule has 0 atom stereocenters. The highest BCUT2D eigenvalue weighted by atomic mass is 16.6. The predicted molar refractivity (Wildman–Crippen MR) is 80.0 cm³/mol. The van der Waals surface area contributed by atoms with Gasteiger partial charge in [-0.25, -0.2) is 19.6 Å². The predicted octanol–water partition coefficient (Wildman–Crippen LogP) is 0.408. The molecule has 0 unspecified atom stereocenters. The van der Waals surface area contributed by atoms with Gasteiger partial charge in [0.05, 0.1) is 0 Å². The molecular formula is C15H18N4O4. The fourth-order valence-electron chi connectivity index (χ4n) is 2.59. The molecule has 0 aliphatic carbocycles. The minimum absolute atomic E-state index is 0.0390. The lowest BCUT2D eigenvalue weighted by Gasteiger charge is -2.37. The fraction of sp³-hybridized carbons (Fsp3) is 0.400. The summed E-state index contributed by atoms with van der Waals surface area (Å²) in [6.45, 7) is 2.15. The van der Waals surface area contributed by atoms with Crippen LogP contribution in [0.25, 0.3) is 0 Å². The number of urea groups is 1. The molecule has 8 nitrogen and oxygen atoms in total. The van der Waals surface area contributed by atoms with E-state index in [1.54, 1.807) is 9.91 Å². The van der Waals surface area contributed by atoms with E-state index in [0.717, 1.165) is 5.56 Å². The SMILES string of the molecule is O=C1CN(N2CCN(C(=O)OCc3ccccc3)CC2)C(=O)N1. The molecule has 23 heavy (non-hydrogen) atoms. The minimum Gasteiger partial charge on any atom is -0.445 e. The summed E-state index contributed by atoms with van der Waals surface area (Å²) in [6, 6.07) is 9.08. The molecule has 0 spiro atoms. The Balaban J connectivity index is 1.46. The largest absolute Gasteiger partial charge is 0.445 e. The van der Waals surface area contributed by atoms with Crippen molar-refractivity contribution in [3.05, 3.63) is 35.9 Å². The van der Waals surface area contributed by atoms with Crippen molar-refractivity contribution in [2.75, 3.05) is 32.7 Å². The van der Waals surface area contributed by atoms with Gasteiger partial charge in [-0.05, 0) is 5.56 Å². The summed E-state index contributed by atoms with van der Waals surface area (Å²) in [5.74, 6) is -0.306. The minimum atomic E-state index is -0.407. The number of nitrogens with one attached hydrogen (secondary N) is 1. The lowest BCUT2D eigenvalue weighted by molar-refractivity contribution is -0.120. The average Bonchev–Trinajstić information content (AvgIpc) is 2.92. The third-order valence-electron chi connectivity index (χ3n) is 3.83. The third kappa shape index (κ3) is 3.59. The maximum Gasteiger partial charge on any atom is 0.410 e. The number of carbonyl (C=O) groups is 3. The van der Waals surface area contributed by atoms with Crippen LogP contribution in [0.1, 0.15) is 5.56 Å². The molecule has 2 fully saturated rings. The first-order chi connectivity index (χ1) is 11.1. The highest BCUT2D eigenvalue weighted by Gasteiger charge is 2.34. The molecule has 0 aromatic heterocycles. The fourth-order valence-corrected chi connectivity index (χ4v) is 2.59. The number of piperazine rings is 1. The van der Waals surface area contributed by atoms with Crippen LogP contribution in [0.3, 0.4) is 0 Å². The molecule has 0 saturated carbocycles. The van der Waals surface area contributed by atoms with Crippen molar-refractivity contribution in [1.29, 1.82) is 0 Å². The van der Waals surface area contributed by atoms with Crippen LogP contribution in [0.5, 0.6) is 0 Å². The number of amides is 4. The summed E-state index contributed by atoms with van der Waals surface area (Å²) < 4.78 is 5.29. The van der Waals surface area contributed by atoms with Crippen LogP contribution < -0.4 is 5.32 Å². The Kier molecular flexibility index (Phi) is 4.42. The number of hydrogen-bond acceptors (Lipinski definition) is 5. The molecule has 1 aromatic carbocycles. The van der Waals surface area contributed by atoms with E-state index in [1.807, 2.05) is 30.3 Å². The van der Waals surface area contributed by atoms with Crippen molar-refractivity contribution in [2.24, 2.45) is 0 Å². The molecule has 8 heteroatoms. The van der Waals surface area contributed by atoms with Crippen LogP contribution in [0, 0.1) is 0 Å². The van der Waals surface area contributed by atoms with Crippen molar-refractivity contribution >= 4 is 18.0 Å². The highest BCUT2D eigenvalue weighted by molar-refractivity contribution is 6.01. The summed E-state index contributed by atoms with van der Waals surface area (Å²) in [5.41, 5.74) is 0.937. The van der Waals surface area contributed by atoms with E-state index >= 15 is 0 Å². The monoisotopic (exact) mass is 318 g/mol. The molecule has 3 rings (SSSR count). The zero-order valence-corrected chi connectivity index (χ0v) is 12.6. The van der Waals surface area contributed by atoms with Gasteiger partial charge in [-0.15, -0.1) is 0 Å². The van der Waals surface area contributed by atoms with E-state index < -0.39 is 6.03 Å². The summed E-state index contributed by atoms with van der Waals surface area (Å²) >= 11 is 0. The quantitative estimate of drug-likeness (QED) is 0.816. The molecule has 0 radical (unpaired) electrons. The Morgan fingerprint density at radius 1 is 1.09 bits per heavy atom. The number of ether oxygens (including phenoxy) is 1. The molecule has 2 aliphatic rings. The van der Waals surface area contributed by atoms with Gasteiger partial charge < -0.3 is 9.64 Å². The second-order valence-electron chi connectivity index (χ2n) is 5.39. The second-order valence-corrected chi connectivity index (χ2v) is 5.39. The third-order valence-corrected chi connectivity index (χ3v) is 3.83. The van der Waals surface area contributed by atoms with Gasteiger partial charge in [0.2, 0.25) is 5.91 Å². The van der Waals surface area contributed by atoms with Gasteiger partial charge >= 0.3 is 12.1 Å². The Bertz CT molecular complexity index is 599. The first-order valence-corrected chi connectivity index (χ1v) is 7.45. The number of hydrogen-bond donors (Lipinski definition) is 1. The molecule has 1 aromatic rings. The molecular weight excluding hydrogens is 300 g/mol. The van der Waals surface area contributed by atoms with Crippen LogP contribution in [0.4, 0.5) is 9.59 Å². The first-order valence-electron chi connectivity index (χ1n) is 7.45. The standard InChI is InChI=1S/C15H18N4O4/c20-13-10-19(14(21)16-13)18-8-6-17(7-9-18)15(22)23-11-12-4-2-1-3-5-12/h1-5H,6-11H2,(H,16,20,21). The van der Waals surface area contributed by atoms with Gasteiger partial charge in [-0.3, -0.25) is 10.1 Å². The maximum atomic E-state index is 12.1. The van der Waals surface area contributed by atoms with Crippen molar-refractivity contribution in [1.82, 2.24) is 20.2 Å². The molecule has 4 amide bonds. The van der Waals surface area contributed by atoms with Crippen LogP contribution in [-0.4, -0.2) is 65.7 Å². The molecule has 1 N–H and O–H groups in total. The molecule has 0 bridgehead atoms. The van der Waals surface area contributed by atoms with Gasteiger partial charge in [0.1, 0.15) is 13.2 Å². The van der Waals surface area contributed by atoms with E-state index in [4.69, 9.17) is 4.74 Å². The van der Waals surface area contributed by atoms with Crippen LogP contribution >= 0.6 is 0 Å². The van der Waals surface area contributed by atoms with E-state index in [2.05, 4.69) is 5.32 Å². The summed E-state index contributed by atoms with van der Waals surface area (Å²) in [5, 5.41) is 5.40. The number of rotatable bonds is 3. The maximum absolute atomic E-state index is 12.1. The van der Waals surface area contributed by atoms with Gasteiger partial charge in [0.25, 0.3) is 0 Å². The van der Waals surface area contributed by atoms with Crippen molar-refractivity contribution in [3.63, 3.8) is 0 Å². The van der Waals surface area contributed by atoms with Gasteiger partial charge in [0, 0.05) is 26.2 Å². The lowest BCUT2D eigenvalue weighted by atomic mass is 10.2. The molecule has 2 aliphatic heterocycles. The number of carbonyl (C=O) groups excluding carboxylic acids is 3. The Morgan fingerprint density at radius 3 is 2.39 bits per heavy atom. The van der Waals surface area contributed by atoms with Gasteiger partial charge in [-0.2, -0.15) is 0 Å². The van der Waals surface area contributed by atoms with Crippen molar-refractivity contribution in [2.45, 2.75) is 6.61 Å². The molecule has 2 heterocycles. The van der Waals surface area contributed by atoms with Crippen LogP contribution in [0.2, 0.25) is 0 Å². The van der Waals surface area contributed by atoms with Gasteiger partial charge in [-0.1, -0.05) is 30.3 Å². The second kappa shape index (κ2) is 6.66. The summed E-state index contributed by atoms with van der Waals surface area (Å²) in [7, 11) is 0. The van der Waals surface area contributed by atoms with Crippen molar-refractivity contribution < 1.29 is 19.1 Å². The summed E-state index contributed by atoms with van der Waals surface area (Å²) in [4.78, 5) is 36.5. The highest BCUT2D eigenvalue weighted by Crippen LogP contribution is 2.11. The molecule has 2 saturated heterocycles.